The molecule has 0 radical (unpaired) electrons. The number of allylic oxidation sites excluding steroid dienone is 4. The number of aliphatic hydroxyl groups is 1. The second-order valence-corrected chi connectivity index (χ2v) is 5.17. The van der Waals surface area contributed by atoms with Gasteiger partial charge in [0.15, 0.2) is 0 Å². The van der Waals surface area contributed by atoms with Crippen LogP contribution in [0.1, 0.15) is 64.7 Å². The predicted molar refractivity (Wildman–Crippen MR) is 85.7 cm³/mol. The van der Waals surface area contributed by atoms with Crippen molar-refractivity contribution in [2.75, 3.05) is 0 Å². The normalized spacial score (nSPS) is 13.0. The Morgan fingerprint density at radius 1 is 1.00 bits per heavy atom. The van der Waals surface area contributed by atoms with Gasteiger partial charge < -0.3 is 15.0 Å². The van der Waals surface area contributed by atoms with E-state index >= 15 is 0 Å². The Morgan fingerprint density at radius 3 is 2.32 bits per heavy atom. The molecule has 0 saturated heterocycles. The molecule has 3 nitrogen and oxygen atoms in total. The van der Waals surface area contributed by atoms with Crippen LogP contribution in [-0.4, -0.2) is 17.2 Å². The Balaban J connectivity index is 0. The number of aliphatic hydroxyl groups excluding tert-OH is 1. The molecule has 0 aliphatic carbocycles. The summed E-state index contributed by atoms with van der Waals surface area (Å²) in [5.41, 5.74) is 0. The molecule has 0 fully saturated rings. The minimum absolute atomic E-state index is 0. The van der Waals surface area contributed by atoms with E-state index in [1.165, 1.54) is 19.3 Å². The summed E-state index contributed by atoms with van der Waals surface area (Å²) in [6, 6.07) is 0. The number of carbonyl (C=O) groups excluding carboxylic acids is 1. The Bertz CT molecular complexity index is 335. The molecule has 0 aromatic rings. The Labute approximate surface area is 178 Å². The fourth-order valence-corrected chi connectivity index (χ4v) is 1.85. The number of aliphatic carboxylic acids is 1. The molecule has 0 bridgehead atoms. The van der Waals surface area contributed by atoms with Gasteiger partial charge in [0.25, 0.3) is 0 Å². The second kappa shape index (κ2) is 19.3. The molecule has 1 atom stereocenters. The molecule has 0 amide bonds. The van der Waals surface area contributed by atoms with Crippen LogP contribution in [0.25, 0.3) is 0 Å². The van der Waals surface area contributed by atoms with Gasteiger partial charge in [0.05, 0.1) is 6.10 Å². The van der Waals surface area contributed by atoms with Gasteiger partial charge in [0.1, 0.15) is 0 Å². The zero-order chi connectivity index (χ0) is 15.8. The SMILES string of the molecule is CCCCC/C=C\C/C=C\C(O)/C=C\CCCCC(=O)[O-].[K+]. The van der Waals surface area contributed by atoms with E-state index in [9.17, 15) is 15.0 Å². The van der Waals surface area contributed by atoms with Gasteiger partial charge in [-0.2, -0.15) is 0 Å². The van der Waals surface area contributed by atoms with Crippen LogP contribution in [0.15, 0.2) is 36.5 Å². The summed E-state index contributed by atoms with van der Waals surface area (Å²) in [6.45, 7) is 2.20. The first-order chi connectivity index (χ1) is 10.2. The largest absolute Gasteiger partial charge is 1.00 e. The monoisotopic (exact) mass is 332 g/mol. The maximum atomic E-state index is 10.2. The van der Waals surface area contributed by atoms with Crippen LogP contribution in [0, 0.1) is 0 Å². The molecule has 0 aromatic carbocycles. The van der Waals surface area contributed by atoms with Crippen LogP contribution in [0.3, 0.4) is 0 Å². The molecule has 4 heteroatoms. The fraction of sp³-hybridized carbons (Fsp3) is 0.611. The zero-order valence-corrected chi connectivity index (χ0v) is 17.3. The van der Waals surface area contributed by atoms with E-state index in [-0.39, 0.29) is 57.8 Å². The van der Waals surface area contributed by atoms with Crippen LogP contribution in [-0.2, 0) is 4.79 Å². The van der Waals surface area contributed by atoms with E-state index in [0.29, 0.717) is 6.42 Å². The van der Waals surface area contributed by atoms with Crippen molar-refractivity contribution in [3.63, 3.8) is 0 Å². The number of unbranched alkanes of at least 4 members (excludes halogenated alkanes) is 5. The van der Waals surface area contributed by atoms with Crippen molar-refractivity contribution in [1.29, 1.82) is 0 Å². The average Bonchev–Trinajstić information content (AvgIpc) is 2.45. The Hall–Kier alpha value is 0.286. The van der Waals surface area contributed by atoms with Crippen LogP contribution in [0.2, 0.25) is 0 Å². The van der Waals surface area contributed by atoms with E-state index < -0.39 is 12.1 Å². The topological polar surface area (TPSA) is 60.4 Å². The third kappa shape index (κ3) is 20.3. The number of carbonyl (C=O) groups is 1. The van der Waals surface area contributed by atoms with Gasteiger partial charge in [-0.05, 0) is 44.9 Å². The molecule has 0 aliphatic rings. The van der Waals surface area contributed by atoms with Crippen molar-refractivity contribution in [1.82, 2.24) is 0 Å². The van der Waals surface area contributed by atoms with Crippen molar-refractivity contribution in [2.45, 2.75) is 70.8 Å². The number of rotatable bonds is 13. The van der Waals surface area contributed by atoms with Gasteiger partial charge in [0.2, 0.25) is 0 Å². The molecule has 0 aromatic heterocycles. The molecule has 0 rings (SSSR count). The van der Waals surface area contributed by atoms with Crippen molar-refractivity contribution >= 4 is 5.97 Å². The summed E-state index contributed by atoms with van der Waals surface area (Å²) >= 11 is 0. The van der Waals surface area contributed by atoms with Gasteiger partial charge in [-0.25, -0.2) is 0 Å². The van der Waals surface area contributed by atoms with E-state index in [1.807, 2.05) is 12.2 Å². The van der Waals surface area contributed by atoms with Crippen molar-refractivity contribution < 1.29 is 66.4 Å². The minimum Gasteiger partial charge on any atom is -0.550 e. The van der Waals surface area contributed by atoms with Crippen molar-refractivity contribution in [2.24, 2.45) is 0 Å². The molecule has 120 valence electrons. The predicted octanol–water partition coefficient (Wildman–Crippen LogP) is 0.301. The molecular weight excluding hydrogens is 303 g/mol. The quantitative estimate of drug-likeness (QED) is 0.300. The number of carboxylic acid groups (broad SMARTS) is 1. The fourth-order valence-electron chi connectivity index (χ4n) is 1.85. The van der Waals surface area contributed by atoms with E-state index in [2.05, 4.69) is 19.1 Å². The zero-order valence-electron chi connectivity index (χ0n) is 14.2. The Kier molecular flexibility index (Phi) is 21.6. The van der Waals surface area contributed by atoms with E-state index in [4.69, 9.17) is 0 Å². The third-order valence-electron chi connectivity index (χ3n) is 3.08. The summed E-state index contributed by atoms with van der Waals surface area (Å²) in [4.78, 5) is 10.2. The van der Waals surface area contributed by atoms with Crippen LogP contribution in [0.5, 0.6) is 0 Å². The van der Waals surface area contributed by atoms with Crippen molar-refractivity contribution in [3.8, 4) is 0 Å². The average molecular weight is 333 g/mol. The third-order valence-corrected chi connectivity index (χ3v) is 3.08. The molecule has 0 spiro atoms. The van der Waals surface area contributed by atoms with Gasteiger partial charge in [-0.15, -0.1) is 0 Å². The van der Waals surface area contributed by atoms with Gasteiger partial charge in [-0.1, -0.05) is 56.2 Å². The minimum atomic E-state index is -0.996. The molecule has 1 N–H and O–H groups in total. The molecule has 1 unspecified atom stereocenters. The first kappa shape index (κ1) is 24.5. The molecular formula is C18H29KO3. The smallest absolute Gasteiger partial charge is 0.550 e. The second-order valence-electron chi connectivity index (χ2n) is 5.17. The molecule has 22 heavy (non-hydrogen) atoms. The maximum absolute atomic E-state index is 10.2. The van der Waals surface area contributed by atoms with Crippen LogP contribution < -0.4 is 56.5 Å². The van der Waals surface area contributed by atoms with Crippen LogP contribution >= 0.6 is 0 Å². The standard InChI is InChI=1S/C18H30O3.K/c1-2-3-4-5-6-7-8-11-14-17(19)15-12-9-10-13-16-18(20)21;/h6-7,11-12,14-15,17,19H,2-5,8-10,13,16H2,1H3,(H,20,21);/q;+1/p-1/b7-6-,14-11-,15-12-;. The van der Waals surface area contributed by atoms with Crippen LogP contribution in [0.4, 0.5) is 0 Å². The number of carboxylic acids is 1. The summed E-state index contributed by atoms with van der Waals surface area (Å²) in [5, 5.41) is 19.9. The van der Waals surface area contributed by atoms with Gasteiger partial charge >= 0.3 is 51.4 Å². The number of hydrogen-bond donors (Lipinski definition) is 1. The number of hydrogen-bond acceptors (Lipinski definition) is 3. The first-order valence-electron chi connectivity index (χ1n) is 8.03. The summed E-state index contributed by atoms with van der Waals surface area (Å²) in [6.07, 6.45) is 19.2. The molecule has 0 saturated carbocycles. The summed E-state index contributed by atoms with van der Waals surface area (Å²) in [5.74, 6) is -0.996. The summed E-state index contributed by atoms with van der Waals surface area (Å²) in [7, 11) is 0. The van der Waals surface area contributed by atoms with Gasteiger partial charge in [0, 0.05) is 5.97 Å². The molecule has 0 heterocycles. The Morgan fingerprint density at radius 2 is 1.64 bits per heavy atom. The van der Waals surface area contributed by atoms with E-state index in [1.54, 1.807) is 12.2 Å². The summed E-state index contributed by atoms with van der Waals surface area (Å²) < 4.78 is 0. The van der Waals surface area contributed by atoms with Crippen molar-refractivity contribution in [3.05, 3.63) is 36.5 Å². The van der Waals surface area contributed by atoms with Gasteiger partial charge in [-0.3, -0.25) is 0 Å². The maximum Gasteiger partial charge on any atom is 1.00 e. The molecule has 0 aliphatic heterocycles. The first-order valence-corrected chi connectivity index (χ1v) is 8.03. The van der Waals surface area contributed by atoms with E-state index in [0.717, 1.165) is 25.7 Å².